The molecule has 0 aromatic carbocycles. The highest BCUT2D eigenvalue weighted by molar-refractivity contribution is 4.63. The fraction of sp³-hybridized carbons (Fsp3) is 0.714. The van der Waals surface area contributed by atoms with Gasteiger partial charge in [-0.3, -0.25) is 4.70 Å². The summed E-state index contributed by atoms with van der Waals surface area (Å²) in [5.41, 5.74) is 0. The molecule has 0 saturated carbocycles. The van der Waals surface area contributed by atoms with Crippen molar-refractivity contribution < 1.29 is 9.44 Å². The molecule has 1 nitrogen and oxygen atoms in total. The Morgan fingerprint density at radius 1 is 1.56 bits per heavy atom. The van der Waals surface area contributed by atoms with Crippen molar-refractivity contribution in [2.45, 2.75) is 19.8 Å². The van der Waals surface area contributed by atoms with Crippen molar-refractivity contribution in [3.63, 3.8) is 0 Å². The molecule has 2 heteroatoms. The topological polar surface area (TPSA) is 9.23 Å². The first kappa shape index (κ1) is 11.4. The van der Waals surface area contributed by atoms with Gasteiger partial charge in [-0.2, -0.15) is 0 Å². The van der Waals surface area contributed by atoms with E-state index in [-0.39, 0.29) is 4.70 Å². The summed E-state index contributed by atoms with van der Waals surface area (Å²) in [5, 5.41) is 0. The van der Waals surface area contributed by atoms with Crippen molar-refractivity contribution in [1.82, 2.24) is 0 Å². The zero-order chi connectivity index (χ0) is 6.24. The van der Waals surface area contributed by atoms with Gasteiger partial charge in [-0.1, -0.05) is 19.4 Å². The Morgan fingerprint density at radius 3 is 2.67 bits per heavy atom. The molecule has 0 rings (SSSR count). The molecular weight excluding hydrogens is 119 g/mol. The van der Waals surface area contributed by atoms with E-state index in [1.165, 1.54) is 6.42 Å². The molecule has 9 heavy (non-hydrogen) atoms. The van der Waals surface area contributed by atoms with E-state index in [1.807, 2.05) is 0 Å². The fourth-order valence-corrected chi connectivity index (χ4v) is 0.413. The van der Waals surface area contributed by atoms with Gasteiger partial charge >= 0.3 is 0 Å². The Hall–Kier alpha value is -0.370. The van der Waals surface area contributed by atoms with E-state index in [1.54, 1.807) is 6.08 Å². The molecule has 0 N–H and O–H groups in total. The van der Waals surface area contributed by atoms with Gasteiger partial charge in [0.1, 0.15) is 0 Å². The maximum Gasteiger partial charge on any atom is 0.0644 e. The number of ether oxygens (including phenoxy) is 1. The van der Waals surface area contributed by atoms with Crippen LogP contribution in [0.5, 0.6) is 0 Å². The van der Waals surface area contributed by atoms with Crippen LogP contribution in [-0.2, 0) is 4.74 Å². The van der Waals surface area contributed by atoms with Crippen LogP contribution < -0.4 is 0 Å². The molecular formula is C7H15FO. The predicted octanol–water partition coefficient (Wildman–Crippen LogP) is 2.14. The maximum absolute atomic E-state index is 5.11. The fourth-order valence-electron chi connectivity index (χ4n) is 0.413. The van der Waals surface area contributed by atoms with Crippen molar-refractivity contribution >= 4 is 0 Å². The molecule has 0 atom stereocenters. The molecule has 0 aliphatic heterocycles. The lowest BCUT2D eigenvalue weighted by molar-refractivity contribution is 0.159. The Bertz CT molecular complexity index is 54.9. The van der Waals surface area contributed by atoms with Gasteiger partial charge < -0.3 is 4.74 Å². The van der Waals surface area contributed by atoms with E-state index < -0.39 is 0 Å². The highest BCUT2D eigenvalue weighted by Crippen LogP contribution is 1.86. The van der Waals surface area contributed by atoms with Crippen LogP contribution in [0.2, 0.25) is 0 Å². The molecule has 0 aliphatic carbocycles. The molecule has 0 radical (unpaired) electrons. The summed E-state index contributed by atoms with van der Waals surface area (Å²) in [5.74, 6) is 0. The Morgan fingerprint density at radius 2 is 2.22 bits per heavy atom. The first-order chi connectivity index (χ1) is 3.91. The van der Waals surface area contributed by atoms with Gasteiger partial charge in [-0.05, 0) is 6.42 Å². The summed E-state index contributed by atoms with van der Waals surface area (Å²) in [4.78, 5) is 0. The van der Waals surface area contributed by atoms with Crippen molar-refractivity contribution in [3.05, 3.63) is 12.7 Å². The van der Waals surface area contributed by atoms with Crippen molar-refractivity contribution in [2.24, 2.45) is 0 Å². The van der Waals surface area contributed by atoms with Gasteiger partial charge in [0.25, 0.3) is 0 Å². The molecule has 0 heterocycles. The largest absolute Gasteiger partial charge is 0.377 e. The summed E-state index contributed by atoms with van der Waals surface area (Å²) in [6.45, 7) is 7.26. The average molecular weight is 134 g/mol. The van der Waals surface area contributed by atoms with E-state index in [4.69, 9.17) is 4.74 Å². The van der Waals surface area contributed by atoms with Crippen LogP contribution in [0.3, 0.4) is 0 Å². The minimum absolute atomic E-state index is 0. The molecule has 0 aromatic rings. The summed E-state index contributed by atoms with van der Waals surface area (Å²) < 4.78 is 5.11. The molecule has 0 fully saturated rings. The van der Waals surface area contributed by atoms with Gasteiger partial charge in [-0.25, -0.2) is 0 Å². The highest BCUT2D eigenvalue weighted by atomic mass is 19.0. The summed E-state index contributed by atoms with van der Waals surface area (Å²) in [6, 6.07) is 0. The number of rotatable bonds is 5. The van der Waals surface area contributed by atoms with Crippen LogP contribution in [0.25, 0.3) is 0 Å². The van der Waals surface area contributed by atoms with Crippen LogP contribution in [0.1, 0.15) is 19.8 Å². The normalized spacial score (nSPS) is 8.11. The lowest BCUT2D eigenvalue weighted by Gasteiger charge is -1.95. The van der Waals surface area contributed by atoms with E-state index >= 15 is 0 Å². The van der Waals surface area contributed by atoms with Crippen LogP contribution in [0, 0.1) is 0 Å². The first-order valence-electron chi connectivity index (χ1n) is 3.10. The van der Waals surface area contributed by atoms with Crippen molar-refractivity contribution in [3.8, 4) is 0 Å². The standard InChI is InChI=1S/C7H14O.FH/c1-3-5-7-8-6-4-2;/h4H,2-3,5-7H2,1H3;1H. The van der Waals surface area contributed by atoms with E-state index in [9.17, 15) is 0 Å². The molecule has 0 amide bonds. The van der Waals surface area contributed by atoms with Crippen LogP contribution in [-0.4, -0.2) is 13.2 Å². The van der Waals surface area contributed by atoms with Gasteiger partial charge in [-0.15, -0.1) is 6.58 Å². The third kappa shape index (κ3) is 11.3. The lowest BCUT2D eigenvalue weighted by Crippen LogP contribution is -1.91. The van der Waals surface area contributed by atoms with Crippen molar-refractivity contribution in [2.75, 3.05) is 13.2 Å². The zero-order valence-electron chi connectivity index (χ0n) is 5.93. The van der Waals surface area contributed by atoms with Crippen LogP contribution >= 0.6 is 0 Å². The first-order valence-corrected chi connectivity index (χ1v) is 3.10. The number of halogens is 1. The molecule has 0 unspecified atom stereocenters. The number of hydrogen-bond donors (Lipinski definition) is 0. The van der Waals surface area contributed by atoms with Gasteiger partial charge in [0.2, 0.25) is 0 Å². The smallest absolute Gasteiger partial charge is 0.0644 e. The summed E-state index contributed by atoms with van der Waals surface area (Å²) in [7, 11) is 0. The maximum atomic E-state index is 5.11. The molecule has 0 aromatic heterocycles. The van der Waals surface area contributed by atoms with E-state index in [2.05, 4.69) is 13.5 Å². The van der Waals surface area contributed by atoms with Crippen LogP contribution in [0.4, 0.5) is 4.70 Å². The summed E-state index contributed by atoms with van der Waals surface area (Å²) >= 11 is 0. The van der Waals surface area contributed by atoms with E-state index in [0.717, 1.165) is 13.0 Å². The second kappa shape index (κ2) is 10.6. The Balaban J connectivity index is 0. The Kier molecular flexibility index (Phi) is 13.4. The average Bonchev–Trinajstić information content (AvgIpc) is 1.81. The second-order valence-corrected chi connectivity index (χ2v) is 1.72. The highest BCUT2D eigenvalue weighted by Gasteiger charge is 1.79. The minimum Gasteiger partial charge on any atom is -0.377 e. The molecule has 0 saturated heterocycles. The van der Waals surface area contributed by atoms with Gasteiger partial charge in [0.15, 0.2) is 0 Å². The lowest BCUT2D eigenvalue weighted by atomic mass is 10.4. The third-order valence-corrected chi connectivity index (χ3v) is 0.878. The number of hydrogen-bond acceptors (Lipinski definition) is 1. The molecule has 0 spiro atoms. The van der Waals surface area contributed by atoms with Gasteiger partial charge in [0, 0.05) is 6.61 Å². The SMILES string of the molecule is C=CCOCCCC.F. The van der Waals surface area contributed by atoms with Gasteiger partial charge in [0.05, 0.1) is 6.61 Å². The minimum atomic E-state index is 0. The quantitative estimate of drug-likeness (QED) is 0.413. The summed E-state index contributed by atoms with van der Waals surface area (Å²) in [6.07, 6.45) is 4.14. The van der Waals surface area contributed by atoms with Crippen LogP contribution in [0.15, 0.2) is 12.7 Å². The third-order valence-electron chi connectivity index (χ3n) is 0.878. The predicted molar refractivity (Wildman–Crippen MR) is 38.4 cm³/mol. The Labute approximate surface area is 56.1 Å². The second-order valence-electron chi connectivity index (χ2n) is 1.72. The molecule has 0 bridgehead atoms. The van der Waals surface area contributed by atoms with Crippen molar-refractivity contribution in [1.29, 1.82) is 0 Å². The van der Waals surface area contributed by atoms with E-state index in [0.29, 0.717) is 6.61 Å². The molecule has 0 aliphatic rings. The number of unbranched alkanes of at least 4 members (excludes halogenated alkanes) is 1. The zero-order valence-corrected chi connectivity index (χ0v) is 5.93. The monoisotopic (exact) mass is 134 g/mol. The molecule has 56 valence electrons.